The zero-order valence-corrected chi connectivity index (χ0v) is 11.2. The molecule has 1 amide bonds. The molecule has 0 spiro atoms. The Morgan fingerprint density at radius 2 is 2.12 bits per heavy atom. The average molecular weight is 255 g/mol. The van der Waals surface area contributed by atoms with Crippen molar-refractivity contribution in [2.75, 3.05) is 20.1 Å². The first-order chi connectivity index (χ1) is 8.09. The van der Waals surface area contributed by atoms with E-state index >= 15 is 0 Å². The third-order valence-corrected chi connectivity index (χ3v) is 4.06. The van der Waals surface area contributed by atoms with Gasteiger partial charge in [0.25, 0.3) is 0 Å². The molecular formula is C12H21N3OS. The van der Waals surface area contributed by atoms with Crippen LogP contribution in [0.3, 0.4) is 0 Å². The number of hydrogen-bond acceptors (Lipinski definition) is 3. The van der Waals surface area contributed by atoms with Gasteiger partial charge in [-0.25, -0.2) is 0 Å². The highest BCUT2D eigenvalue weighted by Gasteiger charge is 2.38. The van der Waals surface area contributed by atoms with Crippen LogP contribution in [0.1, 0.15) is 32.1 Å². The van der Waals surface area contributed by atoms with Crippen LogP contribution in [0.2, 0.25) is 0 Å². The minimum atomic E-state index is 0.00426. The van der Waals surface area contributed by atoms with Crippen LogP contribution in [0.15, 0.2) is 0 Å². The van der Waals surface area contributed by atoms with Crippen LogP contribution in [0, 0.1) is 0 Å². The van der Waals surface area contributed by atoms with E-state index in [-0.39, 0.29) is 11.9 Å². The third-order valence-electron chi connectivity index (χ3n) is 3.93. The monoisotopic (exact) mass is 255 g/mol. The van der Waals surface area contributed by atoms with Gasteiger partial charge in [0.05, 0.1) is 11.0 Å². The second-order valence-electron chi connectivity index (χ2n) is 5.14. The summed E-state index contributed by atoms with van der Waals surface area (Å²) in [5.74, 6) is 0.230. The van der Waals surface area contributed by atoms with Gasteiger partial charge in [-0.2, -0.15) is 0 Å². The molecule has 1 unspecified atom stereocenters. The Kier molecular flexibility index (Phi) is 3.99. The highest BCUT2D eigenvalue weighted by atomic mass is 32.1. The molecule has 1 aliphatic heterocycles. The van der Waals surface area contributed by atoms with Crippen molar-refractivity contribution in [3.63, 3.8) is 0 Å². The molecule has 0 bridgehead atoms. The lowest BCUT2D eigenvalue weighted by Gasteiger charge is -2.32. The molecule has 0 aromatic rings. The number of amides is 1. The molecule has 0 radical (unpaired) electrons. The number of thiocarbonyl (C=S) groups is 1. The maximum Gasteiger partial charge on any atom is 0.239 e. The number of carbonyl (C=O) groups excluding carboxylic acids is 1. The summed E-state index contributed by atoms with van der Waals surface area (Å²) in [6.07, 6.45) is 5.78. The fourth-order valence-electron chi connectivity index (χ4n) is 3.02. The molecule has 96 valence electrons. The molecule has 1 saturated carbocycles. The normalized spacial score (nSPS) is 26.1. The third kappa shape index (κ3) is 2.77. The largest absolute Gasteiger partial charge is 0.392 e. The Morgan fingerprint density at radius 3 is 2.59 bits per heavy atom. The van der Waals surface area contributed by atoms with Gasteiger partial charge in [0.1, 0.15) is 0 Å². The molecule has 1 heterocycles. The van der Waals surface area contributed by atoms with Gasteiger partial charge in [-0.15, -0.1) is 0 Å². The molecule has 2 aliphatic rings. The molecule has 2 rings (SSSR count). The van der Waals surface area contributed by atoms with Crippen LogP contribution in [0.25, 0.3) is 0 Å². The van der Waals surface area contributed by atoms with E-state index in [4.69, 9.17) is 18.0 Å². The van der Waals surface area contributed by atoms with Crippen molar-refractivity contribution in [3.05, 3.63) is 0 Å². The first-order valence-corrected chi connectivity index (χ1v) is 6.79. The Labute approximate surface area is 108 Å². The number of carbonyl (C=O) groups is 1. The molecule has 1 atom stereocenters. The number of hydrogen-bond donors (Lipinski definition) is 1. The molecule has 4 nitrogen and oxygen atoms in total. The zero-order chi connectivity index (χ0) is 12.4. The predicted molar refractivity (Wildman–Crippen MR) is 71.8 cm³/mol. The smallest absolute Gasteiger partial charge is 0.239 e. The van der Waals surface area contributed by atoms with Crippen molar-refractivity contribution in [2.45, 2.75) is 44.2 Å². The summed E-state index contributed by atoms with van der Waals surface area (Å²) in [6, 6.07) is 0.501. The van der Waals surface area contributed by atoms with Crippen molar-refractivity contribution in [1.82, 2.24) is 9.80 Å². The zero-order valence-electron chi connectivity index (χ0n) is 10.4. The van der Waals surface area contributed by atoms with E-state index in [9.17, 15) is 4.79 Å². The molecular weight excluding hydrogens is 234 g/mol. The summed E-state index contributed by atoms with van der Waals surface area (Å²) in [4.78, 5) is 16.6. The van der Waals surface area contributed by atoms with Gasteiger partial charge < -0.3 is 10.6 Å². The van der Waals surface area contributed by atoms with Crippen LogP contribution < -0.4 is 5.73 Å². The first-order valence-electron chi connectivity index (χ1n) is 6.38. The molecule has 17 heavy (non-hydrogen) atoms. The van der Waals surface area contributed by atoms with Gasteiger partial charge in [-0.05, 0) is 19.3 Å². The molecule has 0 aromatic heterocycles. The second kappa shape index (κ2) is 5.31. The van der Waals surface area contributed by atoms with E-state index in [0.717, 1.165) is 13.0 Å². The second-order valence-corrected chi connectivity index (χ2v) is 5.67. The number of likely N-dealkylation sites (N-methyl/N-ethyl adjacent to an activating group) is 1. The van der Waals surface area contributed by atoms with Crippen LogP contribution >= 0.6 is 12.2 Å². The van der Waals surface area contributed by atoms with Gasteiger partial charge in [-0.1, -0.05) is 25.1 Å². The highest BCUT2D eigenvalue weighted by Crippen LogP contribution is 2.28. The lowest BCUT2D eigenvalue weighted by Crippen LogP contribution is -2.49. The summed E-state index contributed by atoms with van der Waals surface area (Å²) in [7, 11) is 1.87. The topological polar surface area (TPSA) is 49.6 Å². The van der Waals surface area contributed by atoms with Crippen molar-refractivity contribution in [1.29, 1.82) is 0 Å². The molecule has 0 aromatic carbocycles. The van der Waals surface area contributed by atoms with Crippen molar-refractivity contribution < 1.29 is 4.79 Å². The van der Waals surface area contributed by atoms with Crippen molar-refractivity contribution >= 4 is 23.1 Å². The van der Waals surface area contributed by atoms with E-state index in [1.807, 2.05) is 11.9 Å². The lowest BCUT2D eigenvalue weighted by molar-refractivity contribution is -0.131. The molecule has 2 N–H and O–H groups in total. The number of likely N-dealkylation sites (tertiary alicyclic amines) is 1. The Hall–Kier alpha value is -0.680. The maximum atomic E-state index is 12.1. The minimum absolute atomic E-state index is 0.00426. The van der Waals surface area contributed by atoms with Crippen molar-refractivity contribution in [3.8, 4) is 0 Å². The van der Waals surface area contributed by atoms with Gasteiger partial charge >= 0.3 is 0 Å². The van der Waals surface area contributed by atoms with Crippen LogP contribution in [-0.2, 0) is 4.79 Å². The van der Waals surface area contributed by atoms with Crippen molar-refractivity contribution in [2.24, 2.45) is 5.73 Å². The minimum Gasteiger partial charge on any atom is -0.392 e. The number of nitrogens with zero attached hydrogens (tertiary/aromatic N) is 2. The Morgan fingerprint density at radius 1 is 1.47 bits per heavy atom. The van der Waals surface area contributed by atoms with E-state index in [0.29, 0.717) is 17.6 Å². The highest BCUT2D eigenvalue weighted by molar-refractivity contribution is 7.80. The average Bonchev–Trinajstić information content (AvgIpc) is 2.88. The maximum absolute atomic E-state index is 12.1. The van der Waals surface area contributed by atoms with Crippen LogP contribution in [0.4, 0.5) is 0 Å². The van der Waals surface area contributed by atoms with E-state index in [2.05, 4.69) is 4.90 Å². The van der Waals surface area contributed by atoms with Gasteiger partial charge in [0, 0.05) is 26.2 Å². The van der Waals surface area contributed by atoms with Crippen LogP contribution in [-0.4, -0.2) is 52.9 Å². The number of rotatable bonds is 4. The van der Waals surface area contributed by atoms with E-state index < -0.39 is 0 Å². The molecule has 1 saturated heterocycles. The summed E-state index contributed by atoms with van der Waals surface area (Å²) in [6.45, 7) is 1.44. The number of nitrogens with two attached hydrogens (primary N) is 1. The first kappa shape index (κ1) is 12.8. The van der Waals surface area contributed by atoms with Crippen LogP contribution in [0.5, 0.6) is 0 Å². The fourth-order valence-corrected chi connectivity index (χ4v) is 3.17. The van der Waals surface area contributed by atoms with E-state index in [1.165, 1.54) is 25.7 Å². The lowest BCUT2D eigenvalue weighted by atomic mass is 10.1. The molecule has 5 heteroatoms. The summed E-state index contributed by atoms with van der Waals surface area (Å²) < 4.78 is 0. The summed E-state index contributed by atoms with van der Waals surface area (Å²) >= 11 is 5.02. The Bertz CT molecular complexity index is 315. The standard InChI is InChI=1S/C12H21N3OS/c1-14-7-6-10(12(14)16)15(8-11(13)17)9-4-2-3-5-9/h9-10H,2-8H2,1H3,(H2,13,17). The molecule has 2 fully saturated rings. The van der Waals surface area contributed by atoms with Gasteiger partial charge in [0.2, 0.25) is 5.91 Å². The quantitative estimate of drug-likeness (QED) is 0.753. The van der Waals surface area contributed by atoms with E-state index in [1.54, 1.807) is 0 Å². The van der Waals surface area contributed by atoms with Gasteiger partial charge in [0.15, 0.2) is 0 Å². The Balaban J connectivity index is 2.09. The predicted octanol–water partition coefficient (Wildman–Crippen LogP) is 0.748. The summed E-state index contributed by atoms with van der Waals surface area (Å²) in [5, 5.41) is 0. The fraction of sp³-hybridized carbons (Fsp3) is 0.833. The molecule has 1 aliphatic carbocycles. The van der Waals surface area contributed by atoms with Gasteiger partial charge in [-0.3, -0.25) is 9.69 Å². The SMILES string of the molecule is CN1CCC(N(CC(N)=S)C2CCCC2)C1=O. The summed E-state index contributed by atoms with van der Waals surface area (Å²) in [5.41, 5.74) is 5.67.